The molecule has 2 aromatic carbocycles. The molecule has 3 heterocycles. The van der Waals surface area contributed by atoms with Crippen molar-refractivity contribution < 1.29 is 9.53 Å². The van der Waals surface area contributed by atoms with E-state index in [1.54, 1.807) is 12.4 Å². The van der Waals surface area contributed by atoms with Crippen LogP contribution in [0, 0.1) is 6.92 Å². The average Bonchev–Trinajstić information content (AvgIpc) is 2.79. The molecular formula is C25H21N3O2. The molecule has 0 unspecified atom stereocenters. The van der Waals surface area contributed by atoms with Crippen LogP contribution in [0.2, 0.25) is 0 Å². The van der Waals surface area contributed by atoms with Crippen molar-refractivity contribution >= 4 is 16.8 Å². The van der Waals surface area contributed by atoms with E-state index in [1.165, 1.54) is 0 Å². The van der Waals surface area contributed by atoms with E-state index in [-0.39, 0.29) is 5.91 Å². The van der Waals surface area contributed by atoms with Gasteiger partial charge in [0, 0.05) is 24.2 Å². The topological polar surface area (TPSA) is 64.1 Å². The number of carbonyl (C=O) groups excluding carboxylic acids is 1. The Morgan fingerprint density at radius 3 is 2.73 bits per heavy atom. The number of carbonyl (C=O) groups is 1. The molecule has 0 fully saturated rings. The average molecular weight is 395 g/mol. The highest BCUT2D eigenvalue weighted by atomic mass is 16.5. The lowest BCUT2D eigenvalue weighted by Gasteiger charge is -2.39. The number of fused-ring (bicyclic) bond motifs is 2. The molecule has 30 heavy (non-hydrogen) atoms. The van der Waals surface area contributed by atoms with Crippen LogP contribution in [0.25, 0.3) is 10.9 Å². The summed E-state index contributed by atoms with van der Waals surface area (Å²) < 4.78 is 5.84. The van der Waals surface area contributed by atoms with Gasteiger partial charge in [-0.25, -0.2) is 0 Å². The van der Waals surface area contributed by atoms with Crippen molar-refractivity contribution in [3.8, 4) is 5.75 Å². The molecule has 1 aliphatic heterocycles. The fraction of sp³-hybridized carbons (Fsp3) is 0.160. The van der Waals surface area contributed by atoms with Crippen LogP contribution in [0.1, 0.15) is 33.6 Å². The second-order valence-corrected chi connectivity index (χ2v) is 7.59. The standard InChI is InChI=1S/C25H21N3O2/c1-17-8-10-20(11-9-17)25(12-14-30-22-7-4-13-26-23(22)25)28-24(29)19-15-18-5-2-3-6-21(18)27-16-19/h2-11,13,15-16H,12,14H2,1H3,(H,28,29)/t25-/m0/s1. The van der Waals surface area contributed by atoms with Crippen LogP contribution in [0.4, 0.5) is 0 Å². The molecule has 0 aliphatic carbocycles. The highest BCUT2D eigenvalue weighted by molar-refractivity contribution is 5.98. The summed E-state index contributed by atoms with van der Waals surface area (Å²) in [7, 11) is 0. The summed E-state index contributed by atoms with van der Waals surface area (Å²) in [5.74, 6) is 0.508. The fourth-order valence-corrected chi connectivity index (χ4v) is 4.03. The molecule has 0 saturated heterocycles. The molecule has 5 rings (SSSR count). The van der Waals surface area contributed by atoms with Gasteiger partial charge in [0.1, 0.15) is 17.0 Å². The third-order valence-electron chi connectivity index (χ3n) is 5.63. The van der Waals surface area contributed by atoms with Gasteiger partial charge in [-0.2, -0.15) is 0 Å². The lowest BCUT2D eigenvalue weighted by molar-refractivity contribution is 0.0883. The molecule has 5 nitrogen and oxygen atoms in total. The maximum Gasteiger partial charge on any atom is 0.253 e. The monoisotopic (exact) mass is 395 g/mol. The van der Waals surface area contributed by atoms with E-state index in [9.17, 15) is 4.79 Å². The van der Waals surface area contributed by atoms with Crippen LogP contribution in [0.3, 0.4) is 0 Å². The first-order valence-electron chi connectivity index (χ1n) is 9.98. The number of hydrogen-bond donors (Lipinski definition) is 1. The van der Waals surface area contributed by atoms with Gasteiger partial charge in [0.2, 0.25) is 0 Å². The third kappa shape index (κ3) is 3.08. The van der Waals surface area contributed by atoms with Crippen molar-refractivity contribution in [2.45, 2.75) is 18.9 Å². The Balaban J connectivity index is 1.61. The number of ether oxygens (including phenoxy) is 1. The van der Waals surface area contributed by atoms with E-state index in [0.29, 0.717) is 24.3 Å². The van der Waals surface area contributed by atoms with Gasteiger partial charge in [0.15, 0.2) is 0 Å². The quantitative estimate of drug-likeness (QED) is 0.559. The van der Waals surface area contributed by atoms with Gasteiger partial charge in [-0.3, -0.25) is 14.8 Å². The highest BCUT2D eigenvalue weighted by Gasteiger charge is 2.42. The summed E-state index contributed by atoms with van der Waals surface area (Å²) in [6, 6.07) is 21.6. The lowest BCUT2D eigenvalue weighted by Crippen LogP contribution is -2.50. The summed E-state index contributed by atoms with van der Waals surface area (Å²) in [6.07, 6.45) is 3.95. The molecular weight excluding hydrogens is 374 g/mol. The third-order valence-corrected chi connectivity index (χ3v) is 5.63. The van der Waals surface area contributed by atoms with Crippen LogP contribution in [0.15, 0.2) is 79.1 Å². The number of nitrogens with one attached hydrogen (secondary N) is 1. The normalized spacial score (nSPS) is 17.8. The number of amides is 1. The van der Waals surface area contributed by atoms with E-state index in [0.717, 1.165) is 27.7 Å². The maximum atomic E-state index is 13.4. The first kappa shape index (κ1) is 18.3. The molecule has 1 N–H and O–H groups in total. The molecule has 0 saturated carbocycles. The predicted octanol–water partition coefficient (Wildman–Crippen LogP) is 4.39. The number of aromatic nitrogens is 2. The van der Waals surface area contributed by atoms with E-state index in [4.69, 9.17) is 4.74 Å². The highest BCUT2D eigenvalue weighted by Crippen LogP contribution is 2.40. The van der Waals surface area contributed by atoms with Crippen molar-refractivity contribution in [3.63, 3.8) is 0 Å². The molecule has 0 bridgehead atoms. The zero-order valence-corrected chi connectivity index (χ0v) is 16.6. The zero-order valence-electron chi connectivity index (χ0n) is 16.6. The first-order valence-corrected chi connectivity index (χ1v) is 9.98. The number of pyridine rings is 2. The number of hydrogen-bond acceptors (Lipinski definition) is 4. The van der Waals surface area contributed by atoms with Gasteiger partial charge in [-0.1, -0.05) is 48.0 Å². The summed E-state index contributed by atoms with van der Waals surface area (Å²) in [6.45, 7) is 2.54. The molecule has 0 spiro atoms. The van der Waals surface area contributed by atoms with Crippen molar-refractivity contribution in [2.24, 2.45) is 0 Å². The minimum absolute atomic E-state index is 0.188. The van der Waals surface area contributed by atoms with Crippen LogP contribution in [-0.2, 0) is 5.54 Å². The second-order valence-electron chi connectivity index (χ2n) is 7.59. The van der Waals surface area contributed by atoms with Crippen molar-refractivity contribution in [1.29, 1.82) is 0 Å². The summed E-state index contributed by atoms with van der Waals surface area (Å²) in [5.41, 5.74) is 3.48. The van der Waals surface area contributed by atoms with Crippen molar-refractivity contribution in [2.75, 3.05) is 6.61 Å². The van der Waals surface area contributed by atoms with Crippen LogP contribution < -0.4 is 10.1 Å². The lowest BCUT2D eigenvalue weighted by atomic mass is 9.81. The summed E-state index contributed by atoms with van der Waals surface area (Å²) in [4.78, 5) is 22.5. The Labute approximate surface area is 174 Å². The molecule has 0 radical (unpaired) electrons. The van der Waals surface area contributed by atoms with Gasteiger partial charge in [-0.15, -0.1) is 0 Å². The number of para-hydroxylation sites is 1. The zero-order chi connectivity index (χ0) is 20.6. The Kier molecular flexibility index (Phi) is 4.43. The Bertz CT molecular complexity index is 1240. The van der Waals surface area contributed by atoms with E-state index < -0.39 is 5.54 Å². The van der Waals surface area contributed by atoms with Crippen molar-refractivity contribution in [3.05, 3.63) is 102 Å². The number of rotatable bonds is 3. The van der Waals surface area contributed by atoms with Crippen LogP contribution in [0.5, 0.6) is 5.75 Å². The largest absolute Gasteiger partial charge is 0.491 e. The molecule has 148 valence electrons. The second kappa shape index (κ2) is 7.26. The molecule has 1 amide bonds. The van der Waals surface area contributed by atoms with Crippen LogP contribution in [-0.4, -0.2) is 22.5 Å². The Hall–Kier alpha value is -3.73. The van der Waals surface area contributed by atoms with Gasteiger partial charge in [-0.05, 0) is 36.8 Å². The smallest absolute Gasteiger partial charge is 0.253 e. The van der Waals surface area contributed by atoms with E-state index in [2.05, 4.69) is 39.6 Å². The Morgan fingerprint density at radius 2 is 1.87 bits per heavy atom. The molecule has 5 heteroatoms. The van der Waals surface area contributed by atoms with Gasteiger partial charge in [0.25, 0.3) is 5.91 Å². The van der Waals surface area contributed by atoms with Crippen molar-refractivity contribution in [1.82, 2.24) is 15.3 Å². The number of benzene rings is 2. The SMILES string of the molecule is Cc1ccc([C@@]2(NC(=O)c3cnc4ccccc4c3)CCOc3cccnc32)cc1. The van der Waals surface area contributed by atoms with Gasteiger partial charge < -0.3 is 10.1 Å². The van der Waals surface area contributed by atoms with Gasteiger partial charge >= 0.3 is 0 Å². The van der Waals surface area contributed by atoms with E-state index in [1.807, 2.05) is 49.4 Å². The molecule has 1 aliphatic rings. The van der Waals surface area contributed by atoms with Crippen LogP contribution >= 0.6 is 0 Å². The maximum absolute atomic E-state index is 13.4. The number of aryl methyl sites for hydroxylation is 1. The minimum Gasteiger partial charge on any atom is -0.491 e. The predicted molar refractivity (Wildman–Crippen MR) is 116 cm³/mol. The fourth-order valence-electron chi connectivity index (χ4n) is 4.03. The Morgan fingerprint density at radius 1 is 1.03 bits per heavy atom. The summed E-state index contributed by atoms with van der Waals surface area (Å²) in [5, 5.41) is 4.21. The minimum atomic E-state index is -0.773. The molecule has 4 aromatic rings. The van der Waals surface area contributed by atoms with Gasteiger partial charge in [0.05, 0.1) is 17.7 Å². The first-order chi connectivity index (χ1) is 14.7. The number of nitrogens with zero attached hydrogens (tertiary/aromatic N) is 2. The molecule has 1 atom stereocenters. The summed E-state index contributed by atoms with van der Waals surface area (Å²) >= 11 is 0. The molecule has 2 aromatic heterocycles. The van der Waals surface area contributed by atoms with E-state index >= 15 is 0 Å².